The van der Waals surface area contributed by atoms with Gasteiger partial charge in [-0.15, -0.1) is 0 Å². The van der Waals surface area contributed by atoms with Crippen molar-refractivity contribution in [1.82, 2.24) is 4.90 Å². The molecule has 0 saturated carbocycles. The lowest BCUT2D eigenvalue weighted by Gasteiger charge is -2.30. The fourth-order valence-electron chi connectivity index (χ4n) is 1.84. The lowest BCUT2D eigenvalue weighted by Crippen LogP contribution is -2.47. The molecular formula is C10H11F6NO4. The van der Waals surface area contributed by atoms with Crippen LogP contribution in [0.5, 0.6) is 0 Å². The molecule has 11 heteroatoms. The molecule has 0 aromatic heterocycles. The number of piperidine rings is 1. The fourth-order valence-corrected chi connectivity index (χ4v) is 1.84. The van der Waals surface area contributed by atoms with E-state index in [1.807, 2.05) is 0 Å². The minimum Gasteiger partial charge on any atom is -0.465 e. The zero-order valence-corrected chi connectivity index (χ0v) is 10.4. The average Bonchev–Trinajstić information content (AvgIpc) is 2.33. The molecule has 5 nitrogen and oxygen atoms in total. The lowest BCUT2D eigenvalue weighted by molar-refractivity contribution is -0.314. The van der Waals surface area contributed by atoms with Gasteiger partial charge in [0.05, 0.1) is 5.92 Å². The van der Waals surface area contributed by atoms with E-state index >= 15 is 0 Å². The molecule has 122 valence electrons. The van der Waals surface area contributed by atoms with Crippen LogP contribution in [0.3, 0.4) is 0 Å². The van der Waals surface area contributed by atoms with Gasteiger partial charge in [-0.1, -0.05) is 0 Å². The number of hydrogen-bond acceptors (Lipinski definition) is 3. The van der Waals surface area contributed by atoms with Crippen LogP contribution in [0.4, 0.5) is 31.1 Å². The molecule has 1 fully saturated rings. The SMILES string of the molecule is O=C(OC(C(F)(F)F)C(F)(F)F)C1CCN(C(=O)O)CC1. The van der Waals surface area contributed by atoms with Gasteiger partial charge in [0.1, 0.15) is 0 Å². The summed E-state index contributed by atoms with van der Waals surface area (Å²) < 4.78 is 76.9. The number of halogens is 6. The van der Waals surface area contributed by atoms with Crippen molar-refractivity contribution in [1.29, 1.82) is 0 Å². The van der Waals surface area contributed by atoms with Gasteiger partial charge in [0.25, 0.3) is 6.10 Å². The highest BCUT2D eigenvalue weighted by Crippen LogP contribution is 2.36. The van der Waals surface area contributed by atoms with Crippen molar-refractivity contribution in [2.75, 3.05) is 13.1 Å². The standard InChI is InChI=1S/C10H11F6NO4/c11-9(12,13)7(10(14,15)16)21-6(18)5-1-3-17(4-2-5)8(19)20/h5,7H,1-4H2,(H,19,20). The third-order valence-corrected chi connectivity index (χ3v) is 2.93. The second kappa shape index (κ2) is 5.98. The predicted molar refractivity (Wildman–Crippen MR) is 54.3 cm³/mol. The molecule has 1 N–H and O–H groups in total. The number of carboxylic acid groups (broad SMARTS) is 1. The maximum Gasteiger partial charge on any atom is 0.434 e. The van der Waals surface area contributed by atoms with Gasteiger partial charge < -0.3 is 14.7 Å². The maximum atomic E-state index is 12.2. The molecule has 1 amide bonds. The van der Waals surface area contributed by atoms with E-state index in [4.69, 9.17) is 5.11 Å². The van der Waals surface area contributed by atoms with Crippen molar-refractivity contribution in [3.05, 3.63) is 0 Å². The molecule has 0 aliphatic carbocycles. The number of amides is 1. The maximum absolute atomic E-state index is 12.2. The van der Waals surface area contributed by atoms with Crippen LogP contribution >= 0.6 is 0 Å². The number of hydrogen-bond donors (Lipinski definition) is 1. The number of carbonyl (C=O) groups is 2. The summed E-state index contributed by atoms with van der Waals surface area (Å²) in [7, 11) is 0. The first kappa shape index (κ1) is 17.4. The fraction of sp³-hybridized carbons (Fsp3) is 0.800. The minimum absolute atomic E-state index is 0.155. The summed E-state index contributed by atoms with van der Waals surface area (Å²) in [5.74, 6) is -2.81. The van der Waals surface area contributed by atoms with Crippen molar-refractivity contribution in [2.24, 2.45) is 5.92 Å². The Balaban J connectivity index is 2.66. The van der Waals surface area contributed by atoms with E-state index in [1.165, 1.54) is 0 Å². The highest BCUT2D eigenvalue weighted by Gasteiger charge is 2.60. The van der Waals surface area contributed by atoms with E-state index in [-0.39, 0.29) is 25.9 Å². The number of carbonyl (C=O) groups excluding carboxylic acids is 1. The van der Waals surface area contributed by atoms with E-state index in [0.717, 1.165) is 4.90 Å². The molecule has 1 saturated heterocycles. The summed E-state index contributed by atoms with van der Waals surface area (Å²) in [5, 5.41) is 8.63. The zero-order valence-electron chi connectivity index (χ0n) is 10.4. The van der Waals surface area contributed by atoms with E-state index in [0.29, 0.717) is 0 Å². The van der Waals surface area contributed by atoms with Gasteiger partial charge >= 0.3 is 24.4 Å². The van der Waals surface area contributed by atoms with Gasteiger partial charge in [0.2, 0.25) is 0 Å². The Kier molecular flexibility index (Phi) is 4.95. The smallest absolute Gasteiger partial charge is 0.434 e. The largest absolute Gasteiger partial charge is 0.465 e. The van der Waals surface area contributed by atoms with Crippen LogP contribution < -0.4 is 0 Å². The number of ether oxygens (including phenoxy) is 1. The van der Waals surface area contributed by atoms with Gasteiger partial charge in [0.15, 0.2) is 0 Å². The van der Waals surface area contributed by atoms with Crippen LogP contribution in [0.25, 0.3) is 0 Å². The van der Waals surface area contributed by atoms with Gasteiger partial charge in [-0.2, -0.15) is 26.3 Å². The average molecular weight is 323 g/mol. The van der Waals surface area contributed by atoms with Crippen molar-refractivity contribution in [3.63, 3.8) is 0 Å². The molecule has 1 heterocycles. The highest BCUT2D eigenvalue weighted by molar-refractivity contribution is 5.73. The summed E-state index contributed by atoms with van der Waals surface area (Å²) in [6, 6.07) is 0. The summed E-state index contributed by atoms with van der Waals surface area (Å²) in [5.41, 5.74) is 0. The molecule has 0 unspecified atom stereocenters. The summed E-state index contributed by atoms with van der Waals surface area (Å²) >= 11 is 0. The number of rotatable bonds is 2. The van der Waals surface area contributed by atoms with E-state index in [1.54, 1.807) is 0 Å². The van der Waals surface area contributed by atoms with E-state index < -0.39 is 36.4 Å². The molecule has 0 radical (unpaired) electrons. The third kappa shape index (κ3) is 4.67. The van der Waals surface area contributed by atoms with Crippen molar-refractivity contribution < 1.29 is 45.8 Å². The van der Waals surface area contributed by atoms with Crippen molar-refractivity contribution in [3.8, 4) is 0 Å². The monoisotopic (exact) mass is 323 g/mol. The molecule has 0 bridgehead atoms. The number of nitrogens with zero attached hydrogens (tertiary/aromatic N) is 1. The lowest BCUT2D eigenvalue weighted by atomic mass is 9.97. The molecule has 1 aliphatic rings. The molecule has 21 heavy (non-hydrogen) atoms. The quantitative estimate of drug-likeness (QED) is 0.626. The third-order valence-electron chi connectivity index (χ3n) is 2.93. The number of alkyl halides is 6. The van der Waals surface area contributed by atoms with Crippen LogP contribution in [0.15, 0.2) is 0 Å². The van der Waals surface area contributed by atoms with E-state index in [9.17, 15) is 35.9 Å². The molecule has 0 aromatic rings. The first-order chi connectivity index (χ1) is 9.43. The van der Waals surface area contributed by atoms with Crippen molar-refractivity contribution >= 4 is 12.1 Å². The van der Waals surface area contributed by atoms with Crippen LogP contribution in [-0.4, -0.2) is 53.6 Å². The van der Waals surface area contributed by atoms with Crippen LogP contribution in [0.1, 0.15) is 12.8 Å². The normalized spacial score (nSPS) is 18.0. The first-order valence-electron chi connectivity index (χ1n) is 5.74. The minimum atomic E-state index is -5.75. The Labute approximate surface area is 114 Å². The van der Waals surface area contributed by atoms with Crippen LogP contribution in [-0.2, 0) is 9.53 Å². The summed E-state index contributed by atoms with van der Waals surface area (Å²) in [6.07, 6.45) is -17.3. The molecule has 0 atom stereocenters. The van der Waals surface area contributed by atoms with Gasteiger partial charge in [0, 0.05) is 13.1 Å². The van der Waals surface area contributed by atoms with Crippen LogP contribution in [0, 0.1) is 5.92 Å². The second-order valence-electron chi connectivity index (χ2n) is 4.44. The van der Waals surface area contributed by atoms with Crippen LogP contribution in [0.2, 0.25) is 0 Å². The van der Waals surface area contributed by atoms with E-state index in [2.05, 4.69) is 4.74 Å². The predicted octanol–water partition coefficient (Wildman–Crippen LogP) is 2.41. The zero-order chi connectivity index (χ0) is 16.4. The Hall–Kier alpha value is -1.68. The Bertz CT molecular complexity index is 385. The van der Waals surface area contributed by atoms with Gasteiger partial charge in [-0.3, -0.25) is 4.79 Å². The summed E-state index contributed by atoms with van der Waals surface area (Å²) in [6.45, 7) is -0.310. The summed E-state index contributed by atoms with van der Waals surface area (Å²) in [4.78, 5) is 22.9. The molecular weight excluding hydrogens is 312 g/mol. The Morgan fingerprint density at radius 2 is 1.48 bits per heavy atom. The molecule has 1 aliphatic heterocycles. The van der Waals surface area contributed by atoms with Gasteiger partial charge in [-0.25, -0.2) is 4.79 Å². The first-order valence-corrected chi connectivity index (χ1v) is 5.74. The molecule has 0 spiro atoms. The Morgan fingerprint density at radius 3 is 1.81 bits per heavy atom. The number of esters is 1. The molecule has 1 rings (SSSR count). The van der Waals surface area contributed by atoms with Crippen molar-refractivity contribution in [2.45, 2.75) is 31.3 Å². The molecule has 0 aromatic carbocycles. The second-order valence-corrected chi connectivity index (χ2v) is 4.44. The van der Waals surface area contributed by atoms with Gasteiger partial charge in [-0.05, 0) is 12.8 Å². The Morgan fingerprint density at radius 1 is 1.05 bits per heavy atom. The number of likely N-dealkylation sites (tertiary alicyclic amines) is 1. The topological polar surface area (TPSA) is 66.8 Å². The highest BCUT2D eigenvalue weighted by atomic mass is 19.4.